The van der Waals surface area contributed by atoms with Gasteiger partial charge in [-0.15, -0.1) is 0 Å². The average Bonchev–Trinajstić information content (AvgIpc) is 2.44. The molecule has 1 aromatic rings. The van der Waals surface area contributed by atoms with Crippen LogP contribution in [0.3, 0.4) is 0 Å². The standard InChI is InChI=1S/C14H20ClNO4S/c1-4-10-6-7-11(8-13(10)21(15,18)19)14(17)16-12(5-2)9-20-3/h6-8,12H,4-5,9H2,1-3H3,(H,16,17). The van der Waals surface area contributed by atoms with Gasteiger partial charge in [-0.3, -0.25) is 4.79 Å². The molecule has 1 rings (SSSR count). The van der Waals surface area contributed by atoms with E-state index in [4.69, 9.17) is 15.4 Å². The molecule has 7 heteroatoms. The van der Waals surface area contributed by atoms with Crippen molar-refractivity contribution < 1.29 is 17.9 Å². The van der Waals surface area contributed by atoms with Gasteiger partial charge in [-0.1, -0.05) is 19.9 Å². The predicted molar refractivity (Wildman–Crippen MR) is 82.3 cm³/mol. The van der Waals surface area contributed by atoms with Crippen LogP contribution in [0.25, 0.3) is 0 Å². The highest BCUT2D eigenvalue weighted by molar-refractivity contribution is 8.13. The number of hydrogen-bond acceptors (Lipinski definition) is 4. The number of carbonyl (C=O) groups is 1. The summed E-state index contributed by atoms with van der Waals surface area (Å²) in [6, 6.07) is 4.40. The van der Waals surface area contributed by atoms with Crippen molar-refractivity contribution in [2.45, 2.75) is 37.6 Å². The van der Waals surface area contributed by atoms with E-state index in [1.54, 1.807) is 19.2 Å². The third kappa shape index (κ3) is 4.98. The number of amides is 1. The summed E-state index contributed by atoms with van der Waals surface area (Å²) in [5, 5.41) is 2.80. The molecule has 1 aromatic carbocycles. The third-order valence-electron chi connectivity index (χ3n) is 3.17. The van der Waals surface area contributed by atoms with Crippen molar-refractivity contribution in [1.82, 2.24) is 5.32 Å². The third-order valence-corrected chi connectivity index (χ3v) is 4.57. The van der Waals surface area contributed by atoms with Crippen molar-refractivity contribution in [2.75, 3.05) is 13.7 Å². The fourth-order valence-electron chi connectivity index (χ4n) is 1.95. The van der Waals surface area contributed by atoms with E-state index in [1.807, 2.05) is 13.8 Å². The highest BCUT2D eigenvalue weighted by Gasteiger charge is 2.19. The first kappa shape index (κ1) is 17.9. The van der Waals surface area contributed by atoms with Crippen LogP contribution >= 0.6 is 10.7 Å². The Hall–Kier alpha value is -1.11. The SMILES string of the molecule is CCc1ccc(C(=O)NC(CC)COC)cc1S(=O)(=O)Cl. The van der Waals surface area contributed by atoms with Crippen LogP contribution in [0.15, 0.2) is 23.1 Å². The van der Waals surface area contributed by atoms with E-state index in [-0.39, 0.29) is 22.4 Å². The molecule has 0 aliphatic heterocycles. The lowest BCUT2D eigenvalue weighted by Gasteiger charge is -2.16. The number of benzene rings is 1. The molecular formula is C14H20ClNO4S. The Bertz CT molecular complexity index is 601. The van der Waals surface area contributed by atoms with Gasteiger partial charge in [-0.05, 0) is 30.5 Å². The smallest absolute Gasteiger partial charge is 0.261 e. The summed E-state index contributed by atoms with van der Waals surface area (Å²) in [7, 11) is 3.10. The number of aryl methyl sites for hydroxylation is 1. The number of nitrogens with one attached hydrogen (secondary N) is 1. The van der Waals surface area contributed by atoms with Gasteiger partial charge in [-0.2, -0.15) is 0 Å². The van der Waals surface area contributed by atoms with Gasteiger partial charge in [0.05, 0.1) is 17.5 Å². The minimum absolute atomic E-state index is 0.0147. The van der Waals surface area contributed by atoms with Crippen LogP contribution in [-0.4, -0.2) is 34.1 Å². The zero-order valence-electron chi connectivity index (χ0n) is 12.3. The summed E-state index contributed by atoms with van der Waals surface area (Å²) in [6.45, 7) is 4.15. The zero-order valence-corrected chi connectivity index (χ0v) is 13.9. The van der Waals surface area contributed by atoms with Gasteiger partial charge in [0, 0.05) is 23.4 Å². The molecule has 0 aliphatic carbocycles. The van der Waals surface area contributed by atoms with Gasteiger partial charge in [-0.25, -0.2) is 8.42 Å². The molecule has 0 aliphatic rings. The second-order valence-electron chi connectivity index (χ2n) is 4.65. The number of carbonyl (C=O) groups excluding carboxylic acids is 1. The van der Waals surface area contributed by atoms with Gasteiger partial charge in [0.2, 0.25) is 0 Å². The minimum atomic E-state index is -3.88. The molecule has 1 unspecified atom stereocenters. The van der Waals surface area contributed by atoms with Crippen LogP contribution in [0.4, 0.5) is 0 Å². The molecule has 1 atom stereocenters. The number of methoxy groups -OCH3 is 1. The van der Waals surface area contributed by atoms with Crippen molar-refractivity contribution >= 4 is 25.6 Å². The van der Waals surface area contributed by atoms with E-state index < -0.39 is 9.05 Å². The number of halogens is 1. The van der Waals surface area contributed by atoms with Gasteiger partial charge in [0.15, 0.2) is 0 Å². The van der Waals surface area contributed by atoms with Crippen LogP contribution in [0, 0.1) is 0 Å². The highest BCUT2D eigenvalue weighted by Crippen LogP contribution is 2.22. The van der Waals surface area contributed by atoms with Gasteiger partial charge in [0.25, 0.3) is 15.0 Å². The molecule has 0 aromatic heterocycles. The predicted octanol–water partition coefficient (Wildman–Crippen LogP) is 2.33. The van der Waals surface area contributed by atoms with E-state index in [1.165, 1.54) is 6.07 Å². The molecular weight excluding hydrogens is 314 g/mol. The van der Waals surface area contributed by atoms with Gasteiger partial charge >= 0.3 is 0 Å². The van der Waals surface area contributed by atoms with E-state index in [9.17, 15) is 13.2 Å². The van der Waals surface area contributed by atoms with Crippen molar-refractivity contribution in [3.05, 3.63) is 29.3 Å². The van der Waals surface area contributed by atoms with E-state index in [0.29, 0.717) is 25.0 Å². The Balaban J connectivity index is 3.06. The molecule has 5 nitrogen and oxygen atoms in total. The first-order chi connectivity index (χ1) is 9.83. The van der Waals surface area contributed by atoms with E-state index in [0.717, 1.165) is 0 Å². The van der Waals surface area contributed by atoms with E-state index in [2.05, 4.69) is 5.32 Å². The molecule has 0 spiro atoms. The molecule has 21 heavy (non-hydrogen) atoms. The monoisotopic (exact) mass is 333 g/mol. The van der Waals surface area contributed by atoms with Crippen molar-refractivity contribution in [3.8, 4) is 0 Å². The number of hydrogen-bond donors (Lipinski definition) is 1. The molecule has 0 radical (unpaired) electrons. The van der Waals surface area contributed by atoms with Crippen LogP contribution in [0.5, 0.6) is 0 Å². The molecule has 0 heterocycles. The Labute approximate surface area is 130 Å². The molecule has 1 N–H and O–H groups in total. The highest BCUT2D eigenvalue weighted by atomic mass is 35.7. The normalized spacial score (nSPS) is 13.0. The van der Waals surface area contributed by atoms with Crippen molar-refractivity contribution in [3.63, 3.8) is 0 Å². The fraction of sp³-hybridized carbons (Fsp3) is 0.500. The largest absolute Gasteiger partial charge is 0.383 e. The summed E-state index contributed by atoms with van der Waals surface area (Å²) in [6.07, 6.45) is 1.23. The lowest BCUT2D eigenvalue weighted by molar-refractivity contribution is 0.0894. The topological polar surface area (TPSA) is 72.5 Å². The quantitative estimate of drug-likeness (QED) is 0.777. The van der Waals surface area contributed by atoms with Crippen LogP contribution in [0.2, 0.25) is 0 Å². The summed E-state index contributed by atoms with van der Waals surface area (Å²) in [5.41, 5.74) is 0.853. The number of ether oxygens (including phenoxy) is 1. The summed E-state index contributed by atoms with van der Waals surface area (Å²) >= 11 is 0. The van der Waals surface area contributed by atoms with Crippen LogP contribution in [-0.2, 0) is 20.2 Å². The van der Waals surface area contributed by atoms with Crippen molar-refractivity contribution in [2.24, 2.45) is 0 Å². The fourth-order valence-corrected chi connectivity index (χ4v) is 3.17. The first-order valence-electron chi connectivity index (χ1n) is 6.70. The van der Waals surface area contributed by atoms with Crippen molar-refractivity contribution in [1.29, 1.82) is 0 Å². The second-order valence-corrected chi connectivity index (χ2v) is 7.18. The first-order valence-corrected chi connectivity index (χ1v) is 9.01. The van der Waals surface area contributed by atoms with Crippen LogP contribution in [0.1, 0.15) is 36.2 Å². The molecule has 0 fully saturated rings. The average molecular weight is 334 g/mol. The summed E-state index contributed by atoms with van der Waals surface area (Å²) < 4.78 is 28.2. The lowest BCUT2D eigenvalue weighted by atomic mass is 10.1. The zero-order chi connectivity index (χ0) is 16.0. The summed E-state index contributed by atoms with van der Waals surface area (Å²) in [5.74, 6) is -0.344. The number of rotatable bonds is 7. The Morgan fingerprint density at radius 1 is 1.38 bits per heavy atom. The maximum Gasteiger partial charge on any atom is 0.261 e. The molecule has 0 bridgehead atoms. The Kier molecular flexibility index (Phi) is 6.64. The maximum atomic E-state index is 12.2. The molecule has 0 saturated heterocycles. The molecule has 118 valence electrons. The van der Waals surface area contributed by atoms with Gasteiger partial charge in [0.1, 0.15) is 0 Å². The second kappa shape index (κ2) is 7.77. The molecule has 0 saturated carbocycles. The van der Waals surface area contributed by atoms with Crippen LogP contribution < -0.4 is 5.32 Å². The molecule has 1 amide bonds. The Morgan fingerprint density at radius 2 is 2.05 bits per heavy atom. The van der Waals surface area contributed by atoms with E-state index >= 15 is 0 Å². The minimum Gasteiger partial charge on any atom is -0.383 e. The summed E-state index contributed by atoms with van der Waals surface area (Å²) in [4.78, 5) is 12.1. The van der Waals surface area contributed by atoms with Gasteiger partial charge < -0.3 is 10.1 Å². The Morgan fingerprint density at radius 3 is 2.52 bits per heavy atom. The maximum absolute atomic E-state index is 12.2. The lowest BCUT2D eigenvalue weighted by Crippen LogP contribution is -2.37.